The van der Waals surface area contributed by atoms with Gasteiger partial charge in [0.05, 0.1) is 29.7 Å². The molecule has 1 aromatic carbocycles. The highest BCUT2D eigenvalue weighted by molar-refractivity contribution is 5.78. The Labute approximate surface area is 154 Å². The largest absolute Gasteiger partial charge is 0.460 e. The van der Waals surface area contributed by atoms with Crippen LogP contribution in [0.5, 0.6) is 0 Å². The van der Waals surface area contributed by atoms with Crippen LogP contribution < -0.4 is 0 Å². The fourth-order valence-corrected chi connectivity index (χ4v) is 3.10. The van der Waals surface area contributed by atoms with Crippen LogP contribution in [0.15, 0.2) is 11.6 Å². The van der Waals surface area contributed by atoms with Crippen molar-refractivity contribution < 1.29 is 31.8 Å². The molecule has 1 fully saturated rings. The van der Waals surface area contributed by atoms with E-state index in [-0.39, 0.29) is 5.92 Å². The molecule has 2 rings (SSSR count). The molecular weight excluding hydrogens is 366 g/mol. The number of ether oxygens (including phenoxy) is 2. The minimum atomic E-state index is -1.62. The summed E-state index contributed by atoms with van der Waals surface area (Å²) < 4.78 is 65.4. The Morgan fingerprint density at radius 3 is 2.04 bits per heavy atom. The third-order valence-electron chi connectivity index (χ3n) is 4.86. The molecule has 0 saturated heterocycles. The number of allylic oxidation sites excluding steroid dienone is 2. The number of halogens is 4. The molecule has 4 nitrogen and oxygen atoms in total. The standard InChI is InChI=1S/C19H19F4NO3/c1-9(6-24)5-12-13(19(12,2)3)18(25)27-8-11-16(22)14(20)10(7-26-4)15(21)17(11)23/h5,12-13H,7-8H2,1-4H3/b9-5-/t12-,13-/m0/s1. The molecule has 2 atom stereocenters. The predicted octanol–water partition coefficient (Wildman–Crippen LogP) is 4.17. The maximum Gasteiger partial charge on any atom is 0.310 e. The third kappa shape index (κ3) is 3.83. The Balaban J connectivity index is 2.18. The molecule has 0 unspecified atom stereocenters. The van der Waals surface area contributed by atoms with Crippen LogP contribution in [-0.2, 0) is 27.5 Å². The van der Waals surface area contributed by atoms with Crippen molar-refractivity contribution in [2.75, 3.05) is 7.11 Å². The van der Waals surface area contributed by atoms with E-state index in [9.17, 15) is 22.4 Å². The van der Waals surface area contributed by atoms with Gasteiger partial charge in [0, 0.05) is 12.7 Å². The van der Waals surface area contributed by atoms with Crippen molar-refractivity contribution in [1.82, 2.24) is 0 Å². The van der Waals surface area contributed by atoms with Crippen LogP contribution in [-0.4, -0.2) is 13.1 Å². The lowest BCUT2D eigenvalue weighted by Gasteiger charge is -2.12. The van der Waals surface area contributed by atoms with Crippen molar-refractivity contribution in [3.63, 3.8) is 0 Å². The molecule has 1 aromatic rings. The highest BCUT2D eigenvalue weighted by Gasteiger charge is 2.61. The number of hydrogen-bond acceptors (Lipinski definition) is 4. The lowest BCUT2D eigenvalue weighted by Crippen LogP contribution is -2.15. The van der Waals surface area contributed by atoms with Gasteiger partial charge >= 0.3 is 5.97 Å². The molecule has 1 aliphatic rings. The van der Waals surface area contributed by atoms with Crippen LogP contribution in [0, 0.1) is 51.9 Å². The number of carbonyl (C=O) groups is 1. The van der Waals surface area contributed by atoms with E-state index in [1.54, 1.807) is 26.8 Å². The molecule has 146 valence electrons. The molecule has 0 aliphatic heterocycles. The van der Waals surface area contributed by atoms with Crippen molar-refractivity contribution in [2.24, 2.45) is 17.3 Å². The average Bonchev–Trinajstić information content (AvgIpc) is 3.16. The van der Waals surface area contributed by atoms with Crippen LogP contribution in [0.2, 0.25) is 0 Å². The van der Waals surface area contributed by atoms with Crippen molar-refractivity contribution in [3.8, 4) is 6.07 Å². The van der Waals surface area contributed by atoms with Crippen molar-refractivity contribution in [3.05, 3.63) is 46.0 Å². The summed E-state index contributed by atoms with van der Waals surface area (Å²) in [7, 11) is 1.13. The molecule has 0 heterocycles. The highest BCUT2D eigenvalue weighted by Crippen LogP contribution is 2.59. The van der Waals surface area contributed by atoms with Gasteiger partial charge in [0.1, 0.15) is 6.61 Å². The zero-order chi connectivity index (χ0) is 20.5. The first-order valence-corrected chi connectivity index (χ1v) is 8.15. The second kappa shape index (κ2) is 7.69. The molecule has 1 saturated carbocycles. The molecule has 8 heteroatoms. The summed E-state index contributed by atoms with van der Waals surface area (Å²) in [5.74, 6) is -8.06. The van der Waals surface area contributed by atoms with Gasteiger partial charge in [-0.2, -0.15) is 5.26 Å². The summed E-state index contributed by atoms with van der Waals surface area (Å²) in [6.07, 6.45) is 1.63. The van der Waals surface area contributed by atoms with Crippen LogP contribution in [0.1, 0.15) is 31.9 Å². The number of rotatable bonds is 6. The van der Waals surface area contributed by atoms with Gasteiger partial charge in [-0.05, 0) is 18.3 Å². The normalized spacial score (nSPS) is 20.9. The van der Waals surface area contributed by atoms with Gasteiger partial charge in [-0.1, -0.05) is 19.9 Å². The molecule has 0 aromatic heterocycles. The summed E-state index contributed by atoms with van der Waals surface area (Å²) in [6, 6.07) is 1.95. The van der Waals surface area contributed by atoms with E-state index < -0.39 is 64.9 Å². The summed E-state index contributed by atoms with van der Waals surface area (Å²) in [5.41, 5.74) is -1.94. The van der Waals surface area contributed by atoms with E-state index in [0.717, 1.165) is 7.11 Å². The number of carbonyl (C=O) groups excluding carboxylic acids is 1. The molecule has 1 aliphatic carbocycles. The number of nitriles is 1. The fourth-order valence-electron chi connectivity index (χ4n) is 3.10. The number of nitrogens with zero attached hydrogens (tertiary/aromatic N) is 1. The number of esters is 1. The van der Waals surface area contributed by atoms with Crippen LogP contribution in [0.4, 0.5) is 17.6 Å². The van der Waals surface area contributed by atoms with Gasteiger partial charge in [0.15, 0.2) is 23.3 Å². The minimum Gasteiger partial charge on any atom is -0.460 e. The highest BCUT2D eigenvalue weighted by atomic mass is 19.2. The first kappa shape index (κ1) is 20.9. The van der Waals surface area contributed by atoms with Crippen molar-refractivity contribution in [2.45, 2.75) is 34.0 Å². The average molecular weight is 385 g/mol. The molecule has 27 heavy (non-hydrogen) atoms. The summed E-state index contributed by atoms with van der Waals surface area (Å²) in [6.45, 7) is 3.57. The van der Waals surface area contributed by atoms with Gasteiger partial charge in [0.25, 0.3) is 0 Å². The lowest BCUT2D eigenvalue weighted by atomic mass is 10.1. The van der Waals surface area contributed by atoms with Crippen molar-refractivity contribution >= 4 is 5.97 Å². The van der Waals surface area contributed by atoms with E-state index in [1.165, 1.54) is 0 Å². The topological polar surface area (TPSA) is 59.3 Å². The Hall–Kier alpha value is -2.40. The first-order chi connectivity index (χ1) is 12.6. The molecule has 0 spiro atoms. The van der Waals surface area contributed by atoms with E-state index in [0.29, 0.717) is 5.57 Å². The maximum absolute atomic E-state index is 14.1. The van der Waals surface area contributed by atoms with Crippen molar-refractivity contribution in [1.29, 1.82) is 5.26 Å². The monoisotopic (exact) mass is 385 g/mol. The van der Waals surface area contributed by atoms with E-state index in [1.807, 2.05) is 6.07 Å². The van der Waals surface area contributed by atoms with E-state index in [2.05, 4.69) is 4.74 Å². The van der Waals surface area contributed by atoms with E-state index in [4.69, 9.17) is 10.00 Å². The number of hydrogen-bond donors (Lipinski definition) is 0. The SMILES string of the molecule is COCc1c(F)c(F)c(COC(=O)[C@@H]2[C@H](/C=C(/C)C#N)C2(C)C)c(F)c1F. The zero-order valence-electron chi connectivity index (χ0n) is 15.3. The Kier molecular flexibility index (Phi) is 5.95. The smallest absolute Gasteiger partial charge is 0.310 e. The quantitative estimate of drug-likeness (QED) is 0.319. The second-order valence-corrected chi connectivity index (χ2v) is 7.04. The third-order valence-corrected chi connectivity index (χ3v) is 4.86. The maximum atomic E-state index is 14.1. The predicted molar refractivity (Wildman–Crippen MR) is 86.9 cm³/mol. The van der Waals surface area contributed by atoms with Crippen LogP contribution >= 0.6 is 0 Å². The molecule has 0 bridgehead atoms. The number of methoxy groups -OCH3 is 1. The Morgan fingerprint density at radius 1 is 1.11 bits per heavy atom. The minimum absolute atomic E-state index is 0.267. The van der Waals surface area contributed by atoms with E-state index >= 15 is 0 Å². The summed E-state index contributed by atoms with van der Waals surface area (Å²) in [5, 5.41) is 8.83. The van der Waals surface area contributed by atoms with Gasteiger partial charge in [-0.15, -0.1) is 0 Å². The van der Waals surface area contributed by atoms with Gasteiger partial charge in [-0.25, -0.2) is 17.6 Å². The summed E-state index contributed by atoms with van der Waals surface area (Å²) in [4.78, 5) is 12.2. The van der Waals surface area contributed by atoms with Gasteiger partial charge in [-0.3, -0.25) is 4.79 Å². The summed E-state index contributed by atoms with van der Waals surface area (Å²) >= 11 is 0. The molecule has 0 amide bonds. The first-order valence-electron chi connectivity index (χ1n) is 8.15. The fraction of sp³-hybridized carbons (Fsp3) is 0.474. The number of benzene rings is 1. The lowest BCUT2D eigenvalue weighted by molar-refractivity contribution is -0.147. The second-order valence-electron chi connectivity index (χ2n) is 7.04. The molecule has 0 N–H and O–H groups in total. The van der Waals surface area contributed by atoms with Gasteiger partial charge < -0.3 is 9.47 Å². The Morgan fingerprint density at radius 2 is 1.59 bits per heavy atom. The molecule has 0 radical (unpaired) electrons. The van der Waals surface area contributed by atoms with Crippen LogP contribution in [0.3, 0.4) is 0 Å². The molecular formula is C19H19F4NO3. The van der Waals surface area contributed by atoms with Gasteiger partial charge in [0.2, 0.25) is 0 Å². The zero-order valence-corrected chi connectivity index (χ0v) is 15.3. The Bertz CT molecular complexity index is 813. The van der Waals surface area contributed by atoms with Crippen LogP contribution in [0.25, 0.3) is 0 Å².